The third kappa shape index (κ3) is 5.23. The molecular formula is C15H26N2O3. The summed E-state index contributed by atoms with van der Waals surface area (Å²) in [6, 6.07) is 0.143. The molecular weight excluding hydrogens is 256 g/mol. The van der Waals surface area contributed by atoms with E-state index in [0.29, 0.717) is 13.1 Å². The molecule has 0 radical (unpaired) electrons. The van der Waals surface area contributed by atoms with Crippen LogP contribution < -0.4 is 5.32 Å². The predicted molar refractivity (Wildman–Crippen MR) is 78.4 cm³/mol. The lowest BCUT2D eigenvalue weighted by atomic mass is 9.96. The van der Waals surface area contributed by atoms with E-state index in [9.17, 15) is 9.59 Å². The Morgan fingerprint density at radius 2 is 2.05 bits per heavy atom. The van der Waals surface area contributed by atoms with E-state index in [-0.39, 0.29) is 24.0 Å². The molecule has 0 aromatic carbocycles. The summed E-state index contributed by atoms with van der Waals surface area (Å²) in [4.78, 5) is 25.3. The molecule has 0 aromatic heterocycles. The summed E-state index contributed by atoms with van der Waals surface area (Å²) in [5.41, 5.74) is 0. The van der Waals surface area contributed by atoms with Crippen molar-refractivity contribution in [2.24, 2.45) is 5.92 Å². The predicted octanol–water partition coefficient (Wildman–Crippen LogP) is 2.33. The second-order valence-corrected chi connectivity index (χ2v) is 5.40. The van der Waals surface area contributed by atoms with Crippen molar-refractivity contribution < 1.29 is 14.3 Å². The van der Waals surface area contributed by atoms with Crippen LogP contribution in [0, 0.1) is 5.92 Å². The van der Waals surface area contributed by atoms with Crippen LogP contribution in [0.3, 0.4) is 0 Å². The summed E-state index contributed by atoms with van der Waals surface area (Å²) in [5.74, 6) is -0.637. The Balaban J connectivity index is 2.52. The first-order valence-corrected chi connectivity index (χ1v) is 7.32. The standard InChI is InChI=1S/C15H26N2O3/c1-4-10-17(11-12(2)14(18)20-3)15(19)16-13-8-6-5-7-9-13/h4,12-13H,1,5-11H2,2-3H3,(H,16,19). The smallest absolute Gasteiger partial charge is 0.317 e. The van der Waals surface area contributed by atoms with E-state index in [1.807, 2.05) is 0 Å². The first-order chi connectivity index (χ1) is 9.58. The van der Waals surface area contributed by atoms with Crippen molar-refractivity contribution >= 4 is 12.0 Å². The van der Waals surface area contributed by atoms with Crippen molar-refractivity contribution in [1.82, 2.24) is 10.2 Å². The molecule has 1 atom stereocenters. The molecule has 0 heterocycles. The zero-order chi connectivity index (χ0) is 15.0. The minimum Gasteiger partial charge on any atom is -0.469 e. The van der Waals surface area contributed by atoms with Gasteiger partial charge in [-0.3, -0.25) is 4.79 Å². The Kier molecular flexibility index (Phi) is 7.12. The quantitative estimate of drug-likeness (QED) is 0.601. The number of carbonyl (C=O) groups excluding carboxylic acids is 2. The molecule has 1 rings (SSSR count). The van der Waals surface area contributed by atoms with Gasteiger partial charge in [0.15, 0.2) is 0 Å². The van der Waals surface area contributed by atoms with Gasteiger partial charge in [0.2, 0.25) is 0 Å². The Morgan fingerprint density at radius 3 is 2.60 bits per heavy atom. The normalized spacial score (nSPS) is 17.1. The molecule has 0 spiro atoms. The van der Waals surface area contributed by atoms with Crippen molar-refractivity contribution in [2.75, 3.05) is 20.2 Å². The average Bonchev–Trinajstić information content (AvgIpc) is 2.46. The van der Waals surface area contributed by atoms with Gasteiger partial charge in [0.25, 0.3) is 0 Å². The molecule has 2 amide bonds. The molecule has 20 heavy (non-hydrogen) atoms. The van der Waals surface area contributed by atoms with Crippen molar-refractivity contribution in [3.8, 4) is 0 Å². The van der Waals surface area contributed by atoms with Gasteiger partial charge in [-0.25, -0.2) is 4.79 Å². The molecule has 1 saturated carbocycles. The summed E-state index contributed by atoms with van der Waals surface area (Å²) >= 11 is 0. The zero-order valence-electron chi connectivity index (χ0n) is 12.6. The number of carbonyl (C=O) groups is 2. The van der Waals surface area contributed by atoms with Gasteiger partial charge >= 0.3 is 12.0 Å². The van der Waals surface area contributed by atoms with Gasteiger partial charge in [0.1, 0.15) is 0 Å². The molecule has 114 valence electrons. The number of methoxy groups -OCH3 is 1. The maximum atomic E-state index is 12.3. The highest BCUT2D eigenvalue weighted by molar-refractivity contribution is 5.77. The largest absolute Gasteiger partial charge is 0.469 e. The topological polar surface area (TPSA) is 58.6 Å². The summed E-state index contributed by atoms with van der Waals surface area (Å²) in [6.45, 7) is 6.20. The van der Waals surface area contributed by atoms with Crippen LogP contribution in [0.1, 0.15) is 39.0 Å². The third-order valence-corrected chi connectivity index (χ3v) is 3.67. The molecule has 0 aromatic rings. The molecule has 1 unspecified atom stereocenters. The Morgan fingerprint density at radius 1 is 1.40 bits per heavy atom. The first kappa shape index (κ1) is 16.5. The van der Waals surface area contributed by atoms with E-state index in [1.54, 1.807) is 17.9 Å². The number of hydrogen-bond donors (Lipinski definition) is 1. The number of ether oxygens (including phenoxy) is 1. The van der Waals surface area contributed by atoms with E-state index in [0.717, 1.165) is 12.8 Å². The fourth-order valence-electron chi connectivity index (χ4n) is 2.52. The van der Waals surface area contributed by atoms with Crippen molar-refractivity contribution in [3.05, 3.63) is 12.7 Å². The number of rotatable bonds is 6. The lowest BCUT2D eigenvalue weighted by Crippen LogP contribution is -2.47. The van der Waals surface area contributed by atoms with Crippen LogP contribution in [-0.4, -0.2) is 43.1 Å². The van der Waals surface area contributed by atoms with Gasteiger partial charge in [-0.2, -0.15) is 0 Å². The van der Waals surface area contributed by atoms with Crippen molar-refractivity contribution in [2.45, 2.75) is 45.1 Å². The lowest BCUT2D eigenvalue weighted by molar-refractivity contribution is -0.145. The molecule has 0 saturated heterocycles. The fraction of sp³-hybridized carbons (Fsp3) is 0.733. The number of amides is 2. The molecule has 0 bridgehead atoms. The molecule has 5 heteroatoms. The van der Waals surface area contributed by atoms with E-state index in [4.69, 9.17) is 4.74 Å². The fourth-order valence-corrected chi connectivity index (χ4v) is 2.52. The summed E-state index contributed by atoms with van der Waals surface area (Å²) < 4.78 is 4.70. The molecule has 0 aliphatic heterocycles. The second kappa shape index (κ2) is 8.61. The van der Waals surface area contributed by atoms with Gasteiger partial charge in [0.05, 0.1) is 13.0 Å². The monoisotopic (exact) mass is 282 g/mol. The zero-order valence-corrected chi connectivity index (χ0v) is 12.6. The average molecular weight is 282 g/mol. The maximum absolute atomic E-state index is 12.3. The van der Waals surface area contributed by atoms with Gasteiger partial charge in [-0.1, -0.05) is 32.3 Å². The Labute approximate surface area is 121 Å². The van der Waals surface area contributed by atoms with Crippen molar-refractivity contribution in [1.29, 1.82) is 0 Å². The molecule has 1 N–H and O–H groups in total. The minimum absolute atomic E-state index is 0.118. The number of nitrogens with one attached hydrogen (secondary N) is 1. The van der Waals surface area contributed by atoms with Gasteiger partial charge in [0, 0.05) is 19.1 Å². The van der Waals surface area contributed by atoms with Crippen LogP contribution in [0.2, 0.25) is 0 Å². The highest BCUT2D eigenvalue weighted by Gasteiger charge is 2.23. The molecule has 1 aliphatic rings. The lowest BCUT2D eigenvalue weighted by Gasteiger charge is -2.28. The third-order valence-electron chi connectivity index (χ3n) is 3.67. The van der Waals surface area contributed by atoms with E-state index in [1.165, 1.54) is 26.4 Å². The number of nitrogens with zero attached hydrogens (tertiary/aromatic N) is 1. The SMILES string of the molecule is C=CCN(CC(C)C(=O)OC)C(=O)NC1CCCCC1. The van der Waals surface area contributed by atoms with Crippen LogP contribution in [0.4, 0.5) is 4.79 Å². The van der Waals surface area contributed by atoms with Gasteiger partial charge < -0.3 is 15.0 Å². The van der Waals surface area contributed by atoms with Gasteiger partial charge in [-0.15, -0.1) is 6.58 Å². The Hall–Kier alpha value is -1.52. The highest BCUT2D eigenvalue weighted by Crippen LogP contribution is 2.17. The van der Waals surface area contributed by atoms with Crippen LogP contribution in [0.25, 0.3) is 0 Å². The maximum Gasteiger partial charge on any atom is 0.317 e. The van der Waals surface area contributed by atoms with E-state index < -0.39 is 0 Å². The minimum atomic E-state index is -0.336. The van der Waals surface area contributed by atoms with Crippen LogP contribution in [0.15, 0.2) is 12.7 Å². The van der Waals surface area contributed by atoms with Gasteiger partial charge in [-0.05, 0) is 12.8 Å². The summed E-state index contributed by atoms with van der Waals surface area (Å²) in [6.07, 6.45) is 7.35. The number of hydrogen-bond acceptors (Lipinski definition) is 3. The molecule has 5 nitrogen and oxygen atoms in total. The van der Waals surface area contributed by atoms with Crippen LogP contribution in [0.5, 0.6) is 0 Å². The van der Waals surface area contributed by atoms with E-state index in [2.05, 4.69) is 11.9 Å². The molecule has 1 aliphatic carbocycles. The Bertz CT molecular complexity index is 338. The first-order valence-electron chi connectivity index (χ1n) is 7.32. The highest BCUT2D eigenvalue weighted by atomic mass is 16.5. The van der Waals surface area contributed by atoms with Crippen molar-refractivity contribution in [3.63, 3.8) is 0 Å². The second-order valence-electron chi connectivity index (χ2n) is 5.40. The summed E-state index contributed by atoms with van der Waals surface area (Å²) in [5, 5.41) is 3.05. The van der Waals surface area contributed by atoms with Crippen LogP contribution >= 0.6 is 0 Å². The molecule has 1 fully saturated rings. The summed E-state index contributed by atoms with van der Waals surface area (Å²) in [7, 11) is 1.36. The number of urea groups is 1. The van der Waals surface area contributed by atoms with Crippen LogP contribution in [-0.2, 0) is 9.53 Å². The van der Waals surface area contributed by atoms with E-state index >= 15 is 0 Å². The number of esters is 1.